The third kappa shape index (κ3) is 9.83. The smallest absolute Gasteiger partial charge is 0.272 e. The van der Waals surface area contributed by atoms with Crippen LogP contribution in [0.15, 0.2) is 65.7 Å². The van der Waals surface area contributed by atoms with Gasteiger partial charge in [0.1, 0.15) is 22.8 Å². The quantitative estimate of drug-likeness (QED) is 0.0500. The van der Waals surface area contributed by atoms with Gasteiger partial charge in [0.25, 0.3) is 29.5 Å². The molecule has 0 radical (unpaired) electrons. The van der Waals surface area contributed by atoms with E-state index >= 15 is 0 Å². The van der Waals surface area contributed by atoms with Crippen LogP contribution in [0, 0.1) is 0 Å². The van der Waals surface area contributed by atoms with E-state index in [4.69, 9.17) is 11.6 Å². The molecular weight excluding hydrogens is 703 g/mol. The lowest BCUT2D eigenvalue weighted by molar-refractivity contribution is -0.112. The zero-order valence-electron chi connectivity index (χ0n) is 28.8. The van der Waals surface area contributed by atoms with Gasteiger partial charge in [0.15, 0.2) is 5.96 Å². The average molecular weight is 744 g/mol. The van der Waals surface area contributed by atoms with Crippen LogP contribution in [-0.4, -0.2) is 80.9 Å². The maximum atomic E-state index is 13.2. The number of hydrogen-bond donors (Lipinski definition) is 7. The number of hydrogen-bond acceptors (Lipinski definition) is 6. The van der Waals surface area contributed by atoms with Crippen LogP contribution < -0.4 is 37.2 Å². The Hall–Kier alpha value is -5.94. The molecule has 4 heterocycles. The van der Waals surface area contributed by atoms with Gasteiger partial charge in [-0.25, -0.2) is 0 Å². The molecule has 0 saturated carbocycles. The normalized spacial score (nSPS) is 10.8. The van der Waals surface area contributed by atoms with E-state index in [1.807, 2.05) is 0 Å². The SMILES string of the molecule is C=C(Cl)C(=O)Nc1cc(C(=O)Nc2cc(C(=O)Nc3cc(C(=O)Nc4cc(C(=O)NCCNC(=NC)NC)n(C)c4)n(C)c3)n(C)c2)n(C)c1.Cl. The summed E-state index contributed by atoms with van der Waals surface area (Å²) in [4.78, 5) is 67.8. The highest BCUT2D eigenvalue weighted by molar-refractivity contribution is 6.43. The molecule has 5 amide bonds. The Balaban J connectivity index is 0.00000702. The fourth-order valence-corrected chi connectivity index (χ4v) is 4.99. The zero-order chi connectivity index (χ0) is 36.7. The van der Waals surface area contributed by atoms with Gasteiger partial charge in [-0.05, 0) is 24.3 Å². The summed E-state index contributed by atoms with van der Waals surface area (Å²) in [5, 5.41) is 19.4. The average Bonchev–Trinajstić information content (AvgIpc) is 3.82. The van der Waals surface area contributed by atoms with E-state index in [-0.39, 0.29) is 40.4 Å². The minimum Gasteiger partial charge on any atom is -0.359 e. The van der Waals surface area contributed by atoms with Crippen LogP contribution in [-0.2, 0) is 33.0 Å². The second-order valence-corrected chi connectivity index (χ2v) is 11.6. The number of anilines is 4. The molecule has 4 aromatic rings. The molecule has 7 N–H and O–H groups in total. The van der Waals surface area contributed by atoms with E-state index in [0.29, 0.717) is 47.5 Å². The molecule has 0 aromatic carbocycles. The number of halogens is 2. The van der Waals surface area contributed by atoms with Crippen molar-refractivity contribution in [3.63, 3.8) is 0 Å². The van der Waals surface area contributed by atoms with E-state index in [1.165, 1.54) is 22.8 Å². The second kappa shape index (κ2) is 17.1. The largest absolute Gasteiger partial charge is 0.359 e. The molecule has 0 saturated heterocycles. The van der Waals surface area contributed by atoms with Gasteiger partial charge in [0, 0.05) is 80.2 Å². The number of aromatic nitrogens is 4. The maximum absolute atomic E-state index is 13.2. The summed E-state index contributed by atoms with van der Waals surface area (Å²) in [7, 11) is 10.0. The van der Waals surface area contributed by atoms with Crippen molar-refractivity contribution < 1.29 is 24.0 Å². The number of amides is 5. The first-order valence-electron chi connectivity index (χ1n) is 15.1. The first-order chi connectivity index (χ1) is 23.7. The van der Waals surface area contributed by atoms with Gasteiger partial charge in [0.05, 0.1) is 27.8 Å². The van der Waals surface area contributed by atoms with Gasteiger partial charge < -0.3 is 55.5 Å². The molecule has 51 heavy (non-hydrogen) atoms. The maximum Gasteiger partial charge on any atom is 0.272 e. The minimum absolute atomic E-state index is 0. The van der Waals surface area contributed by atoms with Gasteiger partial charge in [0.2, 0.25) is 0 Å². The number of guanidine groups is 1. The van der Waals surface area contributed by atoms with Crippen LogP contribution in [0.5, 0.6) is 0 Å². The van der Waals surface area contributed by atoms with Gasteiger partial charge in [-0.3, -0.25) is 29.0 Å². The summed E-state index contributed by atoms with van der Waals surface area (Å²) in [6, 6.07) is 6.07. The summed E-state index contributed by atoms with van der Waals surface area (Å²) in [6.45, 7) is 4.19. The molecule has 0 atom stereocenters. The molecule has 4 aromatic heterocycles. The van der Waals surface area contributed by atoms with Crippen LogP contribution in [0.25, 0.3) is 0 Å². The first-order valence-corrected chi connectivity index (χ1v) is 15.5. The summed E-state index contributed by atoms with van der Waals surface area (Å²) < 4.78 is 6.24. The predicted octanol–water partition coefficient (Wildman–Crippen LogP) is 2.43. The molecule has 272 valence electrons. The van der Waals surface area contributed by atoms with Crippen molar-refractivity contribution in [2.24, 2.45) is 33.2 Å². The molecule has 0 bridgehead atoms. The fourth-order valence-electron chi connectivity index (χ4n) is 4.95. The van der Waals surface area contributed by atoms with E-state index < -0.39 is 23.6 Å². The second-order valence-electron chi connectivity index (χ2n) is 11.1. The van der Waals surface area contributed by atoms with Crippen molar-refractivity contribution >= 4 is 82.3 Å². The Morgan fingerprint density at radius 2 is 0.961 bits per heavy atom. The number of carbonyl (C=O) groups is 5. The number of carbonyl (C=O) groups excluding carboxylic acids is 5. The highest BCUT2D eigenvalue weighted by Crippen LogP contribution is 2.21. The number of nitrogens with one attached hydrogen (secondary N) is 7. The number of aryl methyl sites for hydroxylation is 4. The molecule has 0 unspecified atom stereocenters. The van der Waals surface area contributed by atoms with Crippen molar-refractivity contribution in [1.29, 1.82) is 0 Å². The summed E-state index contributed by atoms with van der Waals surface area (Å²) in [5.74, 6) is -1.70. The molecule has 0 aliphatic heterocycles. The van der Waals surface area contributed by atoms with Gasteiger partial charge in [-0.2, -0.15) is 0 Å². The lowest BCUT2D eigenvalue weighted by Gasteiger charge is -2.09. The minimum atomic E-state index is -0.590. The van der Waals surface area contributed by atoms with Gasteiger partial charge in [-0.1, -0.05) is 18.2 Å². The Kier molecular flexibility index (Phi) is 13.3. The Bertz CT molecular complexity index is 2000. The third-order valence-corrected chi connectivity index (χ3v) is 7.56. The van der Waals surface area contributed by atoms with Crippen molar-refractivity contribution in [2.75, 3.05) is 48.5 Å². The van der Waals surface area contributed by atoms with Crippen LogP contribution in [0.1, 0.15) is 42.0 Å². The number of nitrogens with zero attached hydrogens (tertiary/aromatic N) is 5. The first kappa shape index (κ1) is 39.5. The van der Waals surface area contributed by atoms with E-state index in [9.17, 15) is 24.0 Å². The molecule has 17 nitrogen and oxygen atoms in total. The Morgan fingerprint density at radius 1 is 0.627 bits per heavy atom. The lowest BCUT2D eigenvalue weighted by atomic mass is 10.3. The Labute approximate surface area is 304 Å². The molecule has 0 aliphatic carbocycles. The topological polar surface area (TPSA) is 202 Å². The van der Waals surface area contributed by atoms with Gasteiger partial charge in [-0.15, -0.1) is 12.4 Å². The Morgan fingerprint density at radius 3 is 1.29 bits per heavy atom. The van der Waals surface area contributed by atoms with Crippen molar-refractivity contribution in [2.45, 2.75) is 0 Å². The van der Waals surface area contributed by atoms with Gasteiger partial charge >= 0.3 is 0 Å². The fraction of sp³-hybridized carbons (Fsp3) is 0.250. The summed E-state index contributed by atoms with van der Waals surface area (Å²) in [6.07, 6.45) is 6.33. The highest BCUT2D eigenvalue weighted by atomic mass is 35.5. The lowest BCUT2D eigenvalue weighted by Crippen LogP contribution is -2.40. The number of rotatable bonds is 12. The van der Waals surface area contributed by atoms with Crippen LogP contribution in [0.3, 0.4) is 0 Å². The molecule has 0 fully saturated rings. The molecule has 0 spiro atoms. The van der Waals surface area contributed by atoms with Crippen LogP contribution in [0.2, 0.25) is 0 Å². The zero-order valence-corrected chi connectivity index (χ0v) is 30.4. The summed E-state index contributed by atoms with van der Waals surface area (Å²) >= 11 is 5.62. The van der Waals surface area contributed by atoms with E-state index in [0.717, 1.165) is 0 Å². The van der Waals surface area contributed by atoms with E-state index in [2.05, 4.69) is 48.8 Å². The highest BCUT2D eigenvalue weighted by Gasteiger charge is 2.20. The third-order valence-electron chi connectivity index (χ3n) is 7.39. The molecule has 4 rings (SSSR count). The molecular formula is C32H40Cl2N12O5. The number of aliphatic imine (C=N–C) groups is 1. The monoisotopic (exact) mass is 742 g/mol. The molecule has 19 heteroatoms. The standard InChI is InChI=1S/C32H39ClN12O5.ClH/c1-18(33)27(46)38-19-11-24(43(5)14-19)29(48)40-21-13-26(45(7)16-21)31(50)41-22-12-25(44(6)17-22)30(49)39-20-10-23(42(4)15-20)28(47)36-8-9-37-32(34-2)35-3;/h10-17H,1,8-9H2,2-7H3,(H,36,47)(H,38,46)(H,39,49)(H,40,48)(H,41,50)(H2,34,35,37);1H. The van der Waals surface area contributed by atoms with Crippen LogP contribution >= 0.6 is 24.0 Å². The van der Waals surface area contributed by atoms with E-state index in [1.54, 1.807) is 86.8 Å². The van der Waals surface area contributed by atoms with Crippen molar-refractivity contribution in [1.82, 2.24) is 34.2 Å². The van der Waals surface area contributed by atoms with Crippen LogP contribution in [0.4, 0.5) is 22.7 Å². The van der Waals surface area contributed by atoms with Crippen molar-refractivity contribution in [3.8, 4) is 0 Å². The summed E-state index contributed by atoms with van der Waals surface area (Å²) in [5.41, 5.74) is 2.59. The predicted molar refractivity (Wildman–Crippen MR) is 199 cm³/mol. The molecule has 0 aliphatic rings. The van der Waals surface area contributed by atoms with Crippen molar-refractivity contribution in [3.05, 3.63) is 83.4 Å².